The van der Waals surface area contributed by atoms with Gasteiger partial charge in [0.25, 0.3) is 15.9 Å². The van der Waals surface area contributed by atoms with E-state index in [9.17, 15) is 13.2 Å². The highest BCUT2D eigenvalue weighted by Crippen LogP contribution is 2.29. The van der Waals surface area contributed by atoms with Gasteiger partial charge in [0.2, 0.25) is 0 Å². The van der Waals surface area contributed by atoms with Crippen molar-refractivity contribution in [3.8, 4) is 0 Å². The van der Waals surface area contributed by atoms with Gasteiger partial charge in [0.1, 0.15) is 0 Å². The highest BCUT2D eigenvalue weighted by molar-refractivity contribution is 7.92. The molecule has 2 aromatic carbocycles. The van der Waals surface area contributed by atoms with Crippen molar-refractivity contribution in [2.45, 2.75) is 43.2 Å². The number of nitrogens with one attached hydrogen (secondary N) is 2. The Morgan fingerprint density at radius 3 is 2.32 bits per heavy atom. The van der Waals surface area contributed by atoms with Gasteiger partial charge in [-0.1, -0.05) is 17.7 Å². The summed E-state index contributed by atoms with van der Waals surface area (Å²) in [5, 5.41) is 3.07. The Balaban J connectivity index is 1.38. The van der Waals surface area contributed by atoms with Gasteiger partial charge in [-0.2, -0.15) is 0 Å². The summed E-state index contributed by atoms with van der Waals surface area (Å²) in [5.41, 5.74) is 2.04. The van der Waals surface area contributed by atoms with Crippen molar-refractivity contribution >= 4 is 21.6 Å². The lowest BCUT2D eigenvalue weighted by Crippen LogP contribution is -2.37. The fraction of sp³-hybridized carbons (Fsp3) is 0.381. The van der Waals surface area contributed by atoms with E-state index in [-0.39, 0.29) is 16.8 Å². The van der Waals surface area contributed by atoms with Crippen LogP contribution in [0.2, 0.25) is 0 Å². The van der Waals surface area contributed by atoms with Crippen LogP contribution in [0.1, 0.15) is 35.2 Å². The number of hydrogen-bond donors (Lipinski definition) is 2. The molecule has 148 valence electrons. The van der Waals surface area contributed by atoms with Crippen molar-refractivity contribution in [1.82, 2.24) is 10.2 Å². The molecule has 1 atom stereocenters. The average Bonchev–Trinajstić information content (AvgIpc) is 3.43. The summed E-state index contributed by atoms with van der Waals surface area (Å²) in [6.07, 6.45) is 3.51. The number of aryl methyl sites for hydroxylation is 1. The largest absolute Gasteiger partial charge is 0.348 e. The second kappa shape index (κ2) is 7.56. The molecule has 0 radical (unpaired) electrons. The Morgan fingerprint density at radius 1 is 1.00 bits per heavy atom. The molecule has 1 aliphatic heterocycles. The third-order valence-corrected chi connectivity index (χ3v) is 6.75. The molecule has 28 heavy (non-hydrogen) atoms. The fourth-order valence-electron chi connectivity index (χ4n) is 3.57. The average molecular weight is 400 g/mol. The first kappa shape index (κ1) is 19.0. The van der Waals surface area contributed by atoms with Crippen LogP contribution in [0.15, 0.2) is 53.4 Å². The van der Waals surface area contributed by atoms with Crippen molar-refractivity contribution in [3.05, 3.63) is 59.7 Å². The Kier molecular flexibility index (Phi) is 5.12. The number of benzene rings is 2. The van der Waals surface area contributed by atoms with Crippen LogP contribution in [0.25, 0.3) is 0 Å². The summed E-state index contributed by atoms with van der Waals surface area (Å²) in [6, 6.07) is 14.1. The monoisotopic (exact) mass is 399 g/mol. The van der Waals surface area contributed by atoms with Crippen LogP contribution in [0.5, 0.6) is 0 Å². The number of rotatable bonds is 6. The summed E-state index contributed by atoms with van der Waals surface area (Å²) in [6.45, 7) is 3.89. The lowest BCUT2D eigenvalue weighted by Gasteiger charge is -2.16. The molecule has 6 nitrogen and oxygen atoms in total. The first-order valence-electron chi connectivity index (χ1n) is 9.65. The van der Waals surface area contributed by atoms with Crippen LogP contribution in [0, 0.1) is 6.92 Å². The molecule has 1 amide bonds. The summed E-state index contributed by atoms with van der Waals surface area (Å²) < 4.78 is 27.6. The maximum atomic E-state index is 12.5. The smallest absolute Gasteiger partial charge is 0.261 e. The summed E-state index contributed by atoms with van der Waals surface area (Å²) in [4.78, 5) is 15.1. The van der Waals surface area contributed by atoms with Gasteiger partial charge in [-0.15, -0.1) is 0 Å². The summed E-state index contributed by atoms with van der Waals surface area (Å²) in [5.74, 6) is -0.155. The van der Waals surface area contributed by atoms with Gasteiger partial charge in [0.05, 0.1) is 4.90 Å². The summed E-state index contributed by atoms with van der Waals surface area (Å²) >= 11 is 0. The maximum absolute atomic E-state index is 12.5. The Morgan fingerprint density at radius 2 is 1.68 bits per heavy atom. The molecule has 1 unspecified atom stereocenters. The predicted molar refractivity (Wildman–Crippen MR) is 109 cm³/mol. The zero-order chi connectivity index (χ0) is 19.7. The molecule has 0 aromatic heterocycles. The summed E-state index contributed by atoms with van der Waals surface area (Å²) in [7, 11) is -3.69. The number of sulfonamides is 1. The zero-order valence-corrected chi connectivity index (χ0v) is 16.7. The predicted octanol–water partition coefficient (Wildman–Crippen LogP) is 2.76. The SMILES string of the molecule is Cc1ccc(NS(=O)(=O)c2ccc(C(=O)NC3CCN(C4CC4)C3)cc2)cc1. The van der Waals surface area contributed by atoms with E-state index in [0.29, 0.717) is 17.3 Å². The zero-order valence-electron chi connectivity index (χ0n) is 15.9. The van der Waals surface area contributed by atoms with E-state index in [1.807, 2.05) is 19.1 Å². The van der Waals surface area contributed by atoms with Gasteiger partial charge in [0.15, 0.2) is 0 Å². The number of nitrogens with zero attached hydrogens (tertiary/aromatic N) is 1. The van der Waals surface area contributed by atoms with Gasteiger partial charge in [-0.05, 0) is 62.6 Å². The molecule has 1 saturated carbocycles. The van der Waals surface area contributed by atoms with Crippen LogP contribution < -0.4 is 10.0 Å². The quantitative estimate of drug-likeness (QED) is 0.783. The second-order valence-corrected chi connectivity index (χ2v) is 9.36. The topological polar surface area (TPSA) is 78.5 Å². The number of likely N-dealkylation sites (tertiary alicyclic amines) is 1. The standard InChI is InChI=1S/C21H25N3O3S/c1-15-2-6-17(7-3-15)23-28(26,27)20-10-4-16(5-11-20)21(25)22-18-12-13-24(14-18)19-8-9-19/h2-7,10-11,18-19,23H,8-9,12-14H2,1H3,(H,22,25). The van der Waals surface area contributed by atoms with Gasteiger partial charge >= 0.3 is 0 Å². The van der Waals surface area contributed by atoms with Crippen molar-refractivity contribution in [2.24, 2.45) is 0 Å². The molecule has 0 bridgehead atoms. The Bertz CT molecular complexity index is 951. The molecule has 2 N–H and O–H groups in total. The van der Waals surface area contributed by atoms with Crippen molar-refractivity contribution in [1.29, 1.82) is 0 Å². The van der Waals surface area contributed by atoms with Crippen LogP contribution in [0.3, 0.4) is 0 Å². The van der Waals surface area contributed by atoms with Crippen LogP contribution in [-0.2, 0) is 10.0 Å². The van der Waals surface area contributed by atoms with Gasteiger partial charge in [0, 0.05) is 36.4 Å². The van der Waals surface area contributed by atoms with Crippen molar-refractivity contribution in [3.63, 3.8) is 0 Å². The normalized spacial score (nSPS) is 20.1. The van der Waals surface area contributed by atoms with Crippen LogP contribution >= 0.6 is 0 Å². The third-order valence-electron chi connectivity index (χ3n) is 5.35. The van der Waals surface area contributed by atoms with Gasteiger partial charge in [-0.25, -0.2) is 8.42 Å². The molecule has 2 fully saturated rings. The van der Waals surface area contributed by atoms with E-state index in [1.165, 1.54) is 25.0 Å². The number of amides is 1. The number of carbonyl (C=O) groups excluding carboxylic acids is 1. The van der Waals surface area contributed by atoms with E-state index in [1.54, 1.807) is 24.3 Å². The van der Waals surface area contributed by atoms with Crippen molar-refractivity contribution < 1.29 is 13.2 Å². The van der Waals surface area contributed by atoms with E-state index >= 15 is 0 Å². The number of carbonyl (C=O) groups is 1. The first-order valence-corrected chi connectivity index (χ1v) is 11.1. The van der Waals surface area contributed by atoms with E-state index in [4.69, 9.17) is 0 Å². The highest BCUT2D eigenvalue weighted by Gasteiger charge is 2.34. The van der Waals surface area contributed by atoms with E-state index < -0.39 is 10.0 Å². The molecule has 7 heteroatoms. The number of hydrogen-bond acceptors (Lipinski definition) is 4. The Labute approximate surface area is 166 Å². The molecule has 4 rings (SSSR count). The fourth-order valence-corrected chi connectivity index (χ4v) is 4.62. The van der Waals surface area contributed by atoms with E-state index in [2.05, 4.69) is 14.9 Å². The molecular formula is C21H25N3O3S. The Hall–Kier alpha value is -2.38. The van der Waals surface area contributed by atoms with Crippen LogP contribution in [0.4, 0.5) is 5.69 Å². The second-order valence-electron chi connectivity index (χ2n) is 7.68. The lowest BCUT2D eigenvalue weighted by molar-refractivity contribution is 0.0937. The lowest BCUT2D eigenvalue weighted by atomic mass is 10.2. The highest BCUT2D eigenvalue weighted by atomic mass is 32.2. The maximum Gasteiger partial charge on any atom is 0.261 e. The molecule has 1 aliphatic carbocycles. The number of anilines is 1. The minimum absolute atomic E-state index is 0.130. The van der Waals surface area contributed by atoms with Crippen LogP contribution in [-0.4, -0.2) is 44.4 Å². The molecule has 0 spiro atoms. The molecule has 2 aliphatic rings. The van der Waals surface area contributed by atoms with E-state index in [0.717, 1.165) is 25.1 Å². The first-order chi connectivity index (χ1) is 13.4. The molecule has 2 aromatic rings. The van der Waals surface area contributed by atoms with Gasteiger partial charge < -0.3 is 5.32 Å². The van der Waals surface area contributed by atoms with Crippen molar-refractivity contribution in [2.75, 3.05) is 17.8 Å². The third kappa shape index (κ3) is 4.36. The molecule has 1 saturated heterocycles. The van der Waals surface area contributed by atoms with Gasteiger partial charge in [-0.3, -0.25) is 14.4 Å². The molecule has 1 heterocycles. The minimum Gasteiger partial charge on any atom is -0.348 e. The minimum atomic E-state index is -3.69. The molecular weight excluding hydrogens is 374 g/mol.